The first kappa shape index (κ1) is 87.0. The van der Waals surface area contributed by atoms with Crippen molar-refractivity contribution in [3.63, 3.8) is 0 Å². The van der Waals surface area contributed by atoms with Crippen LogP contribution >= 0.6 is 23.2 Å². The highest BCUT2D eigenvalue weighted by molar-refractivity contribution is 6.30. The van der Waals surface area contributed by atoms with Gasteiger partial charge in [0.15, 0.2) is 0 Å². The van der Waals surface area contributed by atoms with Crippen LogP contribution in [0.15, 0.2) is 12.2 Å². The van der Waals surface area contributed by atoms with Crippen molar-refractivity contribution in [2.24, 2.45) is 35.0 Å². The van der Waals surface area contributed by atoms with E-state index in [4.69, 9.17) is 27.9 Å². The minimum atomic E-state index is -2.54. The van der Waals surface area contributed by atoms with Gasteiger partial charge in [-0.1, -0.05) is 86.3 Å². The number of ether oxygens (including phenoxy) is 1. The SMILES string of the molecule is CCC[C@H]1C(=O)N[C@@H]([C@@H](C)CC)C(=O)N(C)CC(=O)N(C)[C@H]2C/C=C\CCN(C2=O)[C@@H](CC2CCC(C(F)F)CC2)C(=O)N(C)CC(=O)N[C@@H](CCC2CCC(Cl)C(Cl)C2)C(=O)N2C[C@H](OC3CCC3)C[C@H]2C(=O)NC2(CC(C)(C)C2)C(=O)N(C)[C@@H](C(CC)CC)C(=O)N(C)[C@H](C(=O)N(C)C)CC(=O)N1C. The molecule has 2 saturated heterocycles. The van der Waals surface area contributed by atoms with Gasteiger partial charge in [0, 0.05) is 87.2 Å². The lowest BCUT2D eigenvalue weighted by atomic mass is 9.58. The summed E-state index contributed by atoms with van der Waals surface area (Å²) in [5.74, 6) is -9.95. The van der Waals surface area contributed by atoms with E-state index in [0.29, 0.717) is 70.6 Å². The van der Waals surface area contributed by atoms with E-state index in [1.54, 1.807) is 13.0 Å². The van der Waals surface area contributed by atoms with Gasteiger partial charge in [0.2, 0.25) is 77.3 Å². The zero-order chi connectivity index (χ0) is 78.6. The van der Waals surface area contributed by atoms with Crippen LogP contribution in [0, 0.1) is 35.0 Å². The highest BCUT2D eigenvalue weighted by atomic mass is 35.5. The third kappa shape index (κ3) is 21.2. The molecule has 3 N–H and O–H groups in total. The molecule has 4 aliphatic carbocycles. The number of hydrogen-bond donors (Lipinski definition) is 3. The third-order valence-corrected chi connectivity index (χ3v) is 25.4. The second kappa shape index (κ2) is 38.4. The number of halogens is 4. The molecule has 598 valence electrons. The molecular formula is C77H124Cl2F2N12O13. The number of nitrogens with zero attached hydrogens (tertiary/aromatic N) is 9. The van der Waals surface area contributed by atoms with E-state index >= 15 is 28.8 Å². The van der Waals surface area contributed by atoms with E-state index in [-0.39, 0.29) is 99.6 Å². The summed E-state index contributed by atoms with van der Waals surface area (Å²) in [6.45, 7) is 11.9. The summed E-state index contributed by atoms with van der Waals surface area (Å²) in [6.07, 6.45) is 7.96. The Labute approximate surface area is 637 Å². The fraction of sp³-hybridized carbons (Fsp3) is 0.818. The van der Waals surface area contributed by atoms with Crippen LogP contribution in [0.3, 0.4) is 0 Å². The number of carbonyl (C=O) groups is 12. The molecule has 3 heterocycles. The van der Waals surface area contributed by atoms with Crippen molar-refractivity contribution in [3.05, 3.63) is 12.2 Å². The molecule has 6 fully saturated rings. The van der Waals surface area contributed by atoms with E-state index in [2.05, 4.69) is 16.0 Å². The van der Waals surface area contributed by atoms with Gasteiger partial charge in [0.05, 0.1) is 37.1 Å². The smallest absolute Gasteiger partial charge is 0.248 e. The Bertz CT molecular complexity index is 3140. The second-order valence-corrected chi connectivity index (χ2v) is 34.0. The Hall–Kier alpha value is -6.22. The lowest BCUT2D eigenvalue weighted by molar-refractivity contribution is -0.161. The highest BCUT2D eigenvalue weighted by Gasteiger charge is 2.59. The Morgan fingerprint density at radius 1 is 0.642 bits per heavy atom. The molecule has 7 rings (SSSR count). The van der Waals surface area contributed by atoms with Crippen molar-refractivity contribution in [1.82, 2.24) is 60.0 Å². The van der Waals surface area contributed by atoms with Crippen LogP contribution in [0.4, 0.5) is 8.78 Å². The van der Waals surface area contributed by atoms with Crippen LogP contribution in [0.1, 0.15) is 203 Å². The summed E-state index contributed by atoms with van der Waals surface area (Å²) in [5, 5.41) is 8.39. The first-order valence-corrected chi connectivity index (χ1v) is 40.0. The highest BCUT2D eigenvalue weighted by Crippen LogP contribution is 2.50. The molecule has 106 heavy (non-hydrogen) atoms. The zero-order valence-corrected chi connectivity index (χ0v) is 67.2. The van der Waals surface area contributed by atoms with Crippen molar-refractivity contribution >= 4 is 94.1 Å². The average molecular weight is 1530 g/mol. The van der Waals surface area contributed by atoms with Crippen LogP contribution in [0.2, 0.25) is 0 Å². The fourth-order valence-electron chi connectivity index (χ4n) is 17.3. The minimum absolute atomic E-state index is 0.000519. The van der Waals surface area contributed by atoms with E-state index < -0.39 is 180 Å². The van der Waals surface area contributed by atoms with Gasteiger partial charge >= 0.3 is 0 Å². The second-order valence-electron chi connectivity index (χ2n) is 32.9. The maximum atomic E-state index is 15.9. The lowest BCUT2D eigenvalue weighted by Crippen LogP contribution is -2.71. The van der Waals surface area contributed by atoms with Crippen molar-refractivity contribution in [3.8, 4) is 0 Å². The molecule has 12 amide bonds. The first-order chi connectivity index (χ1) is 49.9. The molecule has 0 aromatic rings. The van der Waals surface area contributed by atoms with Gasteiger partial charge in [0.25, 0.3) is 0 Å². The standard InChI is InChI=1S/C77H124Cl2F2N12O13/c1-16-24-56-67(97)83-64(46(5)17-2)73(103)87(11)43-63(96)89(13)57-27-21-20-22-36-92(72(57)102)60(38-48-28-32-50(33-29-48)66(80)81)71(101)86(10)42-61(94)82-55(35-31-47-30-34-53(78)54(79)37-47)69(99)93-41-52(106-51-25-23-26-51)39-58(93)68(98)84-77(44-76(6,7)45-77)75(105)91(15)65(49(18-3)19-4)74(104)90(14)59(70(100)85(8)9)40-62(95)88(56)12/h20-21,46-60,64-66H,16-19,22-45H2,1-15H3,(H,82,94)(H,83,97)(H,84,98)/b21-20-/t46-,47?,48?,50?,52+,53?,54?,55-,56-,57-,58-,59-,60-,64-,65-/m0/s1. The number of rotatable bonds is 16. The Morgan fingerprint density at radius 2 is 1.28 bits per heavy atom. The monoisotopic (exact) mass is 1530 g/mol. The Morgan fingerprint density at radius 3 is 1.86 bits per heavy atom. The van der Waals surface area contributed by atoms with Gasteiger partial charge in [0.1, 0.15) is 53.9 Å². The Kier molecular flexibility index (Phi) is 31.5. The van der Waals surface area contributed by atoms with E-state index in [9.17, 15) is 37.5 Å². The number of carbonyl (C=O) groups excluding carboxylic acids is 12. The predicted octanol–water partition coefficient (Wildman–Crippen LogP) is 6.97. The maximum Gasteiger partial charge on any atom is 0.248 e. The van der Waals surface area contributed by atoms with Gasteiger partial charge in [-0.3, -0.25) is 57.5 Å². The maximum absolute atomic E-state index is 15.9. The van der Waals surface area contributed by atoms with Crippen molar-refractivity contribution in [1.29, 1.82) is 0 Å². The van der Waals surface area contributed by atoms with Crippen molar-refractivity contribution in [2.45, 2.75) is 286 Å². The number of nitrogens with one attached hydrogen (secondary N) is 3. The van der Waals surface area contributed by atoms with Crippen LogP contribution < -0.4 is 16.0 Å². The first-order valence-electron chi connectivity index (χ1n) is 39.1. The van der Waals surface area contributed by atoms with Crippen molar-refractivity contribution < 1.29 is 71.1 Å². The van der Waals surface area contributed by atoms with Crippen LogP contribution in [0.5, 0.6) is 0 Å². The largest absolute Gasteiger partial charge is 0.373 e. The average Bonchev–Trinajstić information content (AvgIpc) is 0.875. The van der Waals surface area contributed by atoms with Gasteiger partial charge in [-0.25, -0.2) is 8.78 Å². The third-order valence-electron chi connectivity index (χ3n) is 24.3. The van der Waals surface area contributed by atoms with Gasteiger partial charge in [-0.05, 0) is 145 Å². The molecule has 3 unspecified atom stereocenters. The van der Waals surface area contributed by atoms with Crippen molar-refractivity contribution in [2.75, 3.05) is 82.6 Å². The van der Waals surface area contributed by atoms with E-state index in [0.717, 1.165) is 24.2 Å². The molecule has 4 saturated carbocycles. The molecule has 7 aliphatic rings. The molecular weight excluding hydrogens is 1410 g/mol. The quantitative estimate of drug-likeness (QED) is 0.104. The minimum Gasteiger partial charge on any atom is -0.373 e. The lowest BCUT2D eigenvalue weighted by Gasteiger charge is -2.54. The summed E-state index contributed by atoms with van der Waals surface area (Å²) in [6, 6.07) is -10.1. The molecule has 3 aliphatic heterocycles. The topological polar surface area (TPSA) is 279 Å². The summed E-state index contributed by atoms with van der Waals surface area (Å²) >= 11 is 13.4. The van der Waals surface area contributed by atoms with E-state index in [1.165, 1.54) is 95.6 Å². The number of hydrogen-bond acceptors (Lipinski definition) is 13. The molecule has 2 bridgehead atoms. The molecule has 0 aromatic carbocycles. The van der Waals surface area contributed by atoms with Gasteiger partial charge in [-0.15, -0.1) is 23.2 Å². The van der Waals surface area contributed by atoms with Gasteiger partial charge in [-0.2, -0.15) is 0 Å². The molecule has 25 nitrogen and oxygen atoms in total. The molecule has 1 spiro atoms. The Balaban J connectivity index is 1.33. The number of alkyl halides is 4. The zero-order valence-electron chi connectivity index (χ0n) is 65.7. The van der Waals surface area contributed by atoms with Crippen LogP contribution in [-0.4, -0.2) is 281 Å². The number of fused-ring (bicyclic) bond motifs is 3. The van der Waals surface area contributed by atoms with Crippen LogP contribution in [-0.2, 0) is 62.3 Å². The summed E-state index contributed by atoms with van der Waals surface area (Å²) in [7, 11) is 11.5. The summed E-state index contributed by atoms with van der Waals surface area (Å²) < 4.78 is 34.9. The molecule has 0 radical (unpaired) electrons. The predicted molar refractivity (Wildman–Crippen MR) is 399 cm³/mol. The molecule has 0 aromatic heterocycles. The van der Waals surface area contributed by atoms with Crippen LogP contribution in [0.25, 0.3) is 0 Å². The fourth-order valence-corrected chi connectivity index (χ4v) is 17.9. The van der Waals surface area contributed by atoms with Gasteiger partial charge < -0.3 is 64.8 Å². The number of amides is 12. The summed E-state index contributed by atoms with van der Waals surface area (Å²) in [5.41, 5.74) is -2.12. The molecule has 13 atom stereocenters. The molecule has 29 heteroatoms. The van der Waals surface area contributed by atoms with E-state index in [1.807, 2.05) is 47.6 Å². The summed E-state index contributed by atoms with van der Waals surface area (Å²) in [4.78, 5) is 194. The normalized spacial score (nSPS) is 31.8. The number of likely N-dealkylation sites (N-methyl/N-ethyl adjacent to an activating group) is 7.